The van der Waals surface area contributed by atoms with Crippen molar-refractivity contribution >= 4 is 23.6 Å². The molecule has 1 heterocycles. The van der Waals surface area contributed by atoms with Gasteiger partial charge in [-0.2, -0.15) is 11.8 Å². The molecule has 0 aromatic heterocycles. The number of likely N-dealkylation sites (tertiary alicyclic amines) is 1. The Morgan fingerprint density at radius 1 is 1.56 bits per heavy atom. The van der Waals surface area contributed by atoms with Crippen molar-refractivity contribution in [2.24, 2.45) is 0 Å². The number of hydrogen-bond donors (Lipinski definition) is 1. The van der Waals surface area contributed by atoms with E-state index >= 15 is 0 Å². The molecule has 1 aliphatic heterocycles. The molecule has 1 N–H and O–H groups in total. The van der Waals surface area contributed by atoms with Crippen molar-refractivity contribution < 1.29 is 14.7 Å². The largest absolute Gasteiger partial charge is 0.480 e. The number of carboxylic acid groups (broad SMARTS) is 1. The Morgan fingerprint density at radius 3 is 2.94 bits per heavy atom. The topological polar surface area (TPSA) is 57.6 Å². The summed E-state index contributed by atoms with van der Waals surface area (Å²) in [5, 5.41) is 8.94. The van der Waals surface area contributed by atoms with Crippen LogP contribution in [-0.2, 0) is 9.59 Å². The highest BCUT2D eigenvalue weighted by Crippen LogP contribution is 2.19. The fourth-order valence-corrected chi connectivity index (χ4v) is 2.80. The predicted molar refractivity (Wildman–Crippen MR) is 64.6 cm³/mol. The Balaban J connectivity index is 2.27. The molecule has 0 spiro atoms. The number of hydrogen-bond acceptors (Lipinski definition) is 3. The van der Waals surface area contributed by atoms with Crippen molar-refractivity contribution in [3.63, 3.8) is 0 Å². The zero-order chi connectivity index (χ0) is 12.0. The SMILES string of the molecule is CCCCSCCN1C(=O)CCC1C(=O)O. The molecule has 1 rings (SSSR count). The van der Waals surface area contributed by atoms with Gasteiger partial charge in [0.1, 0.15) is 6.04 Å². The second-order valence-electron chi connectivity index (χ2n) is 3.95. The second-order valence-corrected chi connectivity index (χ2v) is 5.17. The normalized spacial score (nSPS) is 20.4. The van der Waals surface area contributed by atoms with E-state index in [0.29, 0.717) is 19.4 Å². The number of rotatable bonds is 7. The van der Waals surface area contributed by atoms with E-state index in [-0.39, 0.29) is 5.91 Å². The first-order valence-corrected chi connectivity index (χ1v) is 6.92. The molecule has 0 aromatic rings. The number of carboxylic acids is 1. The van der Waals surface area contributed by atoms with E-state index in [9.17, 15) is 9.59 Å². The van der Waals surface area contributed by atoms with Crippen LogP contribution in [0.2, 0.25) is 0 Å². The van der Waals surface area contributed by atoms with Gasteiger partial charge in [0, 0.05) is 18.7 Å². The number of nitrogens with zero attached hydrogens (tertiary/aromatic N) is 1. The lowest BCUT2D eigenvalue weighted by Gasteiger charge is -2.21. The Hall–Kier alpha value is -0.710. The third-order valence-electron chi connectivity index (χ3n) is 2.73. The lowest BCUT2D eigenvalue weighted by atomic mass is 10.2. The molecule has 1 saturated heterocycles. The maximum Gasteiger partial charge on any atom is 0.326 e. The lowest BCUT2D eigenvalue weighted by Crippen LogP contribution is -2.39. The molecule has 4 nitrogen and oxygen atoms in total. The summed E-state index contributed by atoms with van der Waals surface area (Å²) in [4.78, 5) is 23.9. The van der Waals surface area contributed by atoms with Crippen LogP contribution in [0, 0.1) is 0 Å². The van der Waals surface area contributed by atoms with Gasteiger partial charge in [-0.15, -0.1) is 0 Å². The molecule has 16 heavy (non-hydrogen) atoms. The predicted octanol–water partition coefficient (Wildman–Crippen LogP) is 1.60. The van der Waals surface area contributed by atoms with E-state index < -0.39 is 12.0 Å². The minimum absolute atomic E-state index is 0.0107. The highest BCUT2D eigenvalue weighted by molar-refractivity contribution is 7.99. The van der Waals surface area contributed by atoms with Crippen LogP contribution in [0.4, 0.5) is 0 Å². The van der Waals surface area contributed by atoms with E-state index in [0.717, 1.165) is 11.5 Å². The Labute approximate surface area is 100 Å². The number of thioether (sulfide) groups is 1. The van der Waals surface area contributed by atoms with Gasteiger partial charge >= 0.3 is 5.97 Å². The summed E-state index contributed by atoms with van der Waals surface area (Å²) in [5.41, 5.74) is 0. The van der Waals surface area contributed by atoms with E-state index in [2.05, 4.69) is 6.92 Å². The monoisotopic (exact) mass is 245 g/mol. The van der Waals surface area contributed by atoms with E-state index in [4.69, 9.17) is 5.11 Å². The van der Waals surface area contributed by atoms with Crippen LogP contribution in [0.1, 0.15) is 32.6 Å². The van der Waals surface area contributed by atoms with Crippen molar-refractivity contribution in [3.05, 3.63) is 0 Å². The molecule has 0 aliphatic carbocycles. The van der Waals surface area contributed by atoms with E-state index in [1.165, 1.54) is 17.7 Å². The summed E-state index contributed by atoms with van der Waals surface area (Å²) >= 11 is 1.79. The number of unbranched alkanes of at least 4 members (excludes halogenated alkanes) is 1. The third-order valence-corrected chi connectivity index (χ3v) is 3.78. The average Bonchev–Trinajstić information content (AvgIpc) is 2.60. The smallest absolute Gasteiger partial charge is 0.326 e. The van der Waals surface area contributed by atoms with Crippen LogP contribution in [0.25, 0.3) is 0 Å². The van der Waals surface area contributed by atoms with Gasteiger partial charge in [0.2, 0.25) is 5.91 Å². The Bertz CT molecular complexity index is 258. The van der Waals surface area contributed by atoms with Crippen molar-refractivity contribution in [3.8, 4) is 0 Å². The molecule has 1 amide bonds. The molecule has 1 unspecified atom stereocenters. The molecular weight excluding hydrogens is 226 g/mol. The molecule has 0 bridgehead atoms. The van der Waals surface area contributed by atoms with Crippen LogP contribution >= 0.6 is 11.8 Å². The standard InChI is InChI=1S/C11H19NO3S/c1-2-3-7-16-8-6-12-9(11(14)15)4-5-10(12)13/h9H,2-8H2,1H3,(H,14,15). The van der Waals surface area contributed by atoms with Crippen LogP contribution in [0.3, 0.4) is 0 Å². The highest BCUT2D eigenvalue weighted by atomic mass is 32.2. The Morgan fingerprint density at radius 2 is 2.31 bits per heavy atom. The molecule has 5 heteroatoms. The van der Waals surface area contributed by atoms with Gasteiger partial charge in [-0.25, -0.2) is 4.79 Å². The van der Waals surface area contributed by atoms with Crippen molar-refractivity contribution in [2.45, 2.75) is 38.6 Å². The van der Waals surface area contributed by atoms with Gasteiger partial charge in [0.15, 0.2) is 0 Å². The van der Waals surface area contributed by atoms with Gasteiger partial charge < -0.3 is 10.0 Å². The van der Waals surface area contributed by atoms with Crippen LogP contribution in [0.15, 0.2) is 0 Å². The number of amides is 1. The highest BCUT2D eigenvalue weighted by Gasteiger charge is 2.35. The third kappa shape index (κ3) is 3.70. The number of carbonyl (C=O) groups is 2. The number of carbonyl (C=O) groups excluding carboxylic acids is 1. The summed E-state index contributed by atoms with van der Waals surface area (Å²) in [6.07, 6.45) is 3.21. The molecule has 92 valence electrons. The molecule has 0 radical (unpaired) electrons. The summed E-state index contributed by atoms with van der Waals surface area (Å²) in [6.45, 7) is 2.72. The average molecular weight is 245 g/mol. The molecule has 0 aromatic carbocycles. The maximum absolute atomic E-state index is 11.5. The van der Waals surface area contributed by atoms with Crippen molar-refractivity contribution in [1.82, 2.24) is 4.90 Å². The summed E-state index contributed by atoms with van der Waals surface area (Å²) in [5.74, 6) is 1.05. The summed E-state index contributed by atoms with van der Waals surface area (Å²) < 4.78 is 0. The molecule has 0 saturated carbocycles. The summed E-state index contributed by atoms with van der Waals surface area (Å²) in [7, 11) is 0. The Kier molecular flexibility index (Phi) is 5.66. The van der Waals surface area contributed by atoms with Crippen molar-refractivity contribution in [2.75, 3.05) is 18.1 Å². The van der Waals surface area contributed by atoms with Gasteiger partial charge in [0.05, 0.1) is 0 Å². The van der Waals surface area contributed by atoms with Gasteiger partial charge in [0.25, 0.3) is 0 Å². The van der Waals surface area contributed by atoms with Crippen LogP contribution in [-0.4, -0.2) is 46.0 Å². The van der Waals surface area contributed by atoms with E-state index in [1.54, 1.807) is 11.8 Å². The lowest BCUT2D eigenvalue weighted by molar-refractivity contribution is -0.146. The maximum atomic E-state index is 11.5. The molecule has 1 aliphatic rings. The fraction of sp³-hybridized carbons (Fsp3) is 0.818. The quantitative estimate of drug-likeness (QED) is 0.692. The van der Waals surface area contributed by atoms with Gasteiger partial charge in [-0.3, -0.25) is 4.79 Å². The first-order chi connectivity index (χ1) is 7.66. The van der Waals surface area contributed by atoms with Crippen LogP contribution in [0.5, 0.6) is 0 Å². The second kappa shape index (κ2) is 6.78. The first kappa shape index (κ1) is 13.4. The molecular formula is C11H19NO3S. The molecule has 1 fully saturated rings. The zero-order valence-corrected chi connectivity index (χ0v) is 10.5. The van der Waals surface area contributed by atoms with Crippen molar-refractivity contribution in [1.29, 1.82) is 0 Å². The van der Waals surface area contributed by atoms with Gasteiger partial charge in [-0.05, 0) is 18.6 Å². The fourth-order valence-electron chi connectivity index (χ4n) is 1.78. The van der Waals surface area contributed by atoms with E-state index in [1.807, 2.05) is 0 Å². The molecule has 1 atom stereocenters. The first-order valence-electron chi connectivity index (χ1n) is 5.76. The minimum Gasteiger partial charge on any atom is -0.480 e. The zero-order valence-electron chi connectivity index (χ0n) is 9.65. The minimum atomic E-state index is -0.871. The summed E-state index contributed by atoms with van der Waals surface area (Å²) in [6, 6.07) is -0.584. The van der Waals surface area contributed by atoms with Crippen LogP contribution < -0.4 is 0 Å². The van der Waals surface area contributed by atoms with Gasteiger partial charge in [-0.1, -0.05) is 13.3 Å². The number of aliphatic carboxylic acids is 1.